The zero-order valence-electron chi connectivity index (χ0n) is 14.3. The molecule has 2 unspecified atom stereocenters. The molecule has 126 valence electrons. The summed E-state index contributed by atoms with van der Waals surface area (Å²) in [6.45, 7) is 3.14. The van der Waals surface area contributed by atoms with Crippen molar-refractivity contribution in [3.63, 3.8) is 0 Å². The van der Waals surface area contributed by atoms with Crippen LogP contribution in [0.2, 0.25) is 0 Å². The summed E-state index contributed by atoms with van der Waals surface area (Å²) < 4.78 is 6.05. The third-order valence-corrected chi connectivity index (χ3v) is 4.16. The maximum atomic E-state index is 13.1. The molecule has 1 aliphatic rings. The highest BCUT2D eigenvalue weighted by molar-refractivity contribution is 5.99. The summed E-state index contributed by atoms with van der Waals surface area (Å²) in [5, 5.41) is 0. The number of benzene rings is 1. The van der Waals surface area contributed by atoms with Crippen LogP contribution in [0.3, 0.4) is 0 Å². The van der Waals surface area contributed by atoms with E-state index in [2.05, 4.69) is 4.98 Å². The summed E-state index contributed by atoms with van der Waals surface area (Å²) in [6, 6.07) is 13.7. The number of anilines is 1. The van der Waals surface area contributed by atoms with Gasteiger partial charge in [0.1, 0.15) is 11.9 Å². The number of morpholine rings is 1. The second-order valence-corrected chi connectivity index (χ2v) is 6.33. The van der Waals surface area contributed by atoms with Gasteiger partial charge in [-0.15, -0.1) is 0 Å². The number of carbonyl (C=O) groups excluding carboxylic acids is 1. The number of rotatable bonds is 3. The maximum absolute atomic E-state index is 13.1. The van der Waals surface area contributed by atoms with E-state index in [4.69, 9.17) is 4.74 Å². The molecule has 0 aliphatic carbocycles. The van der Waals surface area contributed by atoms with E-state index >= 15 is 0 Å². The molecule has 0 bridgehead atoms. The molecule has 1 fully saturated rings. The molecule has 3 rings (SSSR count). The molecule has 1 amide bonds. The predicted molar refractivity (Wildman–Crippen MR) is 94.2 cm³/mol. The predicted octanol–water partition coefficient (Wildman–Crippen LogP) is 2.75. The fourth-order valence-electron chi connectivity index (χ4n) is 3.06. The molecule has 0 radical (unpaired) electrons. The molecule has 1 aromatic heterocycles. The lowest BCUT2D eigenvalue weighted by atomic mass is 10.1. The first-order valence-corrected chi connectivity index (χ1v) is 8.18. The van der Waals surface area contributed by atoms with E-state index in [0.29, 0.717) is 24.5 Å². The summed E-state index contributed by atoms with van der Waals surface area (Å²) in [6.07, 6.45) is 1.60. The van der Waals surface area contributed by atoms with Crippen molar-refractivity contribution in [1.29, 1.82) is 0 Å². The van der Waals surface area contributed by atoms with Crippen molar-refractivity contribution >= 4 is 11.7 Å². The van der Waals surface area contributed by atoms with Gasteiger partial charge >= 0.3 is 0 Å². The molecule has 0 saturated carbocycles. The molecular weight excluding hydrogens is 302 g/mol. The fourth-order valence-corrected chi connectivity index (χ4v) is 3.06. The summed E-state index contributed by atoms with van der Waals surface area (Å²) in [7, 11) is 3.79. The van der Waals surface area contributed by atoms with Crippen molar-refractivity contribution in [2.24, 2.45) is 0 Å². The van der Waals surface area contributed by atoms with Crippen LogP contribution in [-0.4, -0.2) is 49.1 Å². The third-order valence-electron chi connectivity index (χ3n) is 4.16. The molecule has 1 aliphatic heterocycles. The minimum Gasteiger partial charge on any atom is -0.367 e. The van der Waals surface area contributed by atoms with Crippen molar-refractivity contribution in [3.05, 3.63) is 59.8 Å². The van der Waals surface area contributed by atoms with Gasteiger partial charge in [0.25, 0.3) is 5.91 Å². The van der Waals surface area contributed by atoms with E-state index in [1.54, 1.807) is 12.3 Å². The van der Waals surface area contributed by atoms with Crippen molar-refractivity contribution in [2.45, 2.75) is 19.1 Å². The zero-order valence-corrected chi connectivity index (χ0v) is 14.3. The minimum atomic E-state index is -0.0987. The van der Waals surface area contributed by atoms with Crippen molar-refractivity contribution < 1.29 is 9.53 Å². The standard InChI is InChI=1S/C19H23N3O2/c1-14-12-22(13-17(24-14)15-8-5-4-6-9-15)19(23)16-10-7-11-20-18(16)21(2)3/h4-11,14,17H,12-13H2,1-3H3. The molecule has 2 heterocycles. The first kappa shape index (κ1) is 16.5. The first-order valence-electron chi connectivity index (χ1n) is 8.18. The normalized spacial score (nSPS) is 20.7. The number of carbonyl (C=O) groups is 1. The minimum absolute atomic E-state index is 0.00267. The molecular formula is C19H23N3O2. The van der Waals surface area contributed by atoms with E-state index in [-0.39, 0.29) is 18.1 Å². The Morgan fingerprint density at radius 1 is 1.17 bits per heavy atom. The van der Waals surface area contributed by atoms with Crippen LogP contribution >= 0.6 is 0 Å². The van der Waals surface area contributed by atoms with Gasteiger partial charge in [0.05, 0.1) is 18.2 Å². The fraction of sp³-hybridized carbons (Fsp3) is 0.368. The van der Waals surface area contributed by atoms with Crippen LogP contribution in [0.4, 0.5) is 5.82 Å². The van der Waals surface area contributed by atoms with Crippen LogP contribution in [0.1, 0.15) is 28.9 Å². The number of amides is 1. The first-order chi connectivity index (χ1) is 11.6. The molecule has 1 aromatic carbocycles. The van der Waals surface area contributed by atoms with Crippen molar-refractivity contribution in [2.75, 3.05) is 32.1 Å². The van der Waals surface area contributed by atoms with Crippen LogP contribution in [0, 0.1) is 0 Å². The lowest BCUT2D eigenvalue weighted by molar-refractivity contribution is -0.0691. The molecule has 0 N–H and O–H groups in total. The van der Waals surface area contributed by atoms with Gasteiger partial charge < -0.3 is 14.5 Å². The van der Waals surface area contributed by atoms with E-state index in [1.807, 2.05) is 67.2 Å². The Kier molecular flexibility index (Phi) is 4.81. The summed E-state index contributed by atoms with van der Waals surface area (Å²) >= 11 is 0. The van der Waals surface area contributed by atoms with Gasteiger partial charge in [-0.25, -0.2) is 4.98 Å². The number of hydrogen-bond acceptors (Lipinski definition) is 4. The van der Waals surface area contributed by atoms with Gasteiger partial charge in [0, 0.05) is 26.8 Å². The summed E-state index contributed by atoms with van der Waals surface area (Å²) in [5.74, 6) is 0.695. The van der Waals surface area contributed by atoms with E-state index in [9.17, 15) is 4.79 Å². The number of nitrogens with zero attached hydrogens (tertiary/aromatic N) is 3. The Morgan fingerprint density at radius 2 is 1.92 bits per heavy atom. The second kappa shape index (κ2) is 7.01. The van der Waals surface area contributed by atoms with Crippen LogP contribution in [0.15, 0.2) is 48.7 Å². The number of hydrogen-bond donors (Lipinski definition) is 0. The van der Waals surface area contributed by atoms with Gasteiger partial charge in [-0.2, -0.15) is 0 Å². The monoisotopic (exact) mass is 325 g/mol. The van der Waals surface area contributed by atoms with Crippen LogP contribution in [-0.2, 0) is 4.74 Å². The van der Waals surface area contributed by atoms with E-state index < -0.39 is 0 Å². The lowest BCUT2D eigenvalue weighted by Crippen LogP contribution is -2.46. The lowest BCUT2D eigenvalue weighted by Gasteiger charge is -2.37. The van der Waals surface area contributed by atoms with Crippen LogP contribution in [0.25, 0.3) is 0 Å². The highest BCUT2D eigenvalue weighted by Gasteiger charge is 2.31. The van der Waals surface area contributed by atoms with E-state index in [0.717, 1.165) is 5.56 Å². The van der Waals surface area contributed by atoms with Gasteiger partial charge in [-0.3, -0.25) is 4.79 Å². The maximum Gasteiger partial charge on any atom is 0.257 e. The van der Waals surface area contributed by atoms with Gasteiger partial charge in [-0.05, 0) is 24.6 Å². The zero-order chi connectivity index (χ0) is 17.1. The average molecular weight is 325 g/mol. The molecule has 1 saturated heterocycles. The molecule has 5 nitrogen and oxygen atoms in total. The molecule has 24 heavy (non-hydrogen) atoms. The quantitative estimate of drug-likeness (QED) is 0.870. The molecule has 2 atom stereocenters. The van der Waals surface area contributed by atoms with E-state index in [1.165, 1.54) is 0 Å². The summed E-state index contributed by atoms with van der Waals surface area (Å²) in [5.41, 5.74) is 1.73. The average Bonchev–Trinajstić information content (AvgIpc) is 2.61. The Labute approximate surface area is 142 Å². The van der Waals surface area contributed by atoms with Gasteiger partial charge in [0.2, 0.25) is 0 Å². The molecule has 2 aromatic rings. The Hall–Kier alpha value is -2.40. The smallest absolute Gasteiger partial charge is 0.257 e. The largest absolute Gasteiger partial charge is 0.367 e. The number of pyridine rings is 1. The van der Waals surface area contributed by atoms with Crippen molar-refractivity contribution in [1.82, 2.24) is 9.88 Å². The molecule has 0 spiro atoms. The van der Waals surface area contributed by atoms with Crippen molar-refractivity contribution in [3.8, 4) is 0 Å². The second-order valence-electron chi connectivity index (χ2n) is 6.33. The third kappa shape index (κ3) is 3.41. The Bertz CT molecular complexity index is 703. The molecule has 5 heteroatoms. The topological polar surface area (TPSA) is 45.7 Å². The SMILES string of the molecule is CC1CN(C(=O)c2cccnc2N(C)C)CC(c2ccccc2)O1. The summed E-state index contributed by atoms with van der Waals surface area (Å²) in [4.78, 5) is 21.1. The Balaban J connectivity index is 1.85. The highest BCUT2D eigenvalue weighted by Crippen LogP contribution is 2.27. The van der Waals surface area contributed by atoms with Gasteiger partial charge in [0.15, 0.2) is 0 Å². The number of aromatic nitrogens is 1. The van der Waals surface area contributed by atoms with Crippen LogP contribution in [0.5, 0.6) is 0 Å². The van der Waals surface area contributed by atoms with Crippen LogP contribution < -0.4 is 4.90 Å². The number of ether oxygens (including phenoxy) is 1. The van der Waals surface area contributed by atoms with Gasteiger partial charge in [-0.1, -0.05) is 30.3 Å². The highest BCUT2D eigenvalue weighted by atomic mass is 16.5. The Morgan fingerprint density at radius 3 is 2.62 bits per heavy atom.